The van der Waals surface area contributed by atoms with Gasteiger partial charge in [0.05, 0.1) is 5.52 Å². The fourth-order valence-corrected chi connectivity index (χ4v) is 1.49. The summed E-state index contributed by atoms with van der Waals surface area (Å²) in [4.78, 5) is 18.3. The summed E-state index contributed by atoms with van der Waals surface area (Å²) in [5, 5.41) is 9.63. The lowest BCUT2D eigenvalue weighted by Gasteiger charge is -1.97. The Bertz CT molecular complexity index is 608. The molecule has 0 aliphatic carbocycles. The number of carbonyl (C=O) groups is 1. The molecule has 1 aromatic carbocycles. The van der Waals surface area contributed by atoms with Gasteiger partial charge in [-0.15, -0.1) is 0 Å². The maximum absolute atomic E-state index is 10.6. The van der Waals surface area contributed by atoms with Gasteiger partial charge >= 0.3 is 5.97 Å². The zero-order chi connectivity index (χ0) is 12.8. The molecular formula is C14H12N2O2. The van der Waals surface area contributed by atoms with Gasteiger partial charge in [-0.3, -0.25) is 4.99 Å². The first-order valence-electron chi connectivity index (χ1n) is 5.53. The van der Waals surface area contributed by atoms with Gasteiger partial charge in [0.25, 0.3) is 0 Å². The van der Waals surface area contributed by atoms with E-state index >= 15 is 0 Å². The van der Waals surface area contributed by atoms with Crippen molar-refractivity contribution in [2.45, 2.75) is 6.42 Å². The van der Waals surface area contributed by atoms with E-state index in [-0.39, 0.29) is 5.69 Å². The number of hydrogen-bond donors (Lipinski definition) is 1. The van der Waals surface area contributed by atoms with Crippen LogP contribution in [0.1, 0.15) is 16.9 Å². The van der Waals surface area contributed by atoms with Crippen LogP contribution >= 0.6 is 0 Å². The van der Waals surface area contributed by atoms with E-state index in [1.54, 1.807) is 18.3 Å². The van der Waals surface area contributed by atoms with Gasteiger partial charge in [0, 0.05) is 24.2 Å². The van der Waals surface area contributed by atoms with Crippen LogP contribution in [0.4, 0.5) is 0 Å². The number of allylic oxidation sites excluding steroid dienone is 1. The average Bonchev–Trinajstić information content (AvgIpc) is 2.97. The van der Waals surface area contributed by atoms with Crippen molar-refractivity contribution in [2.75, 3.05) is 0 Å². The van der Waals surface area contributed by atoms with E-state index in [1.807, 2.05) is 30.5 Å². The predicted molar refractivity (Wildman–Crippen MR) is 71.0 cm³/mol. The maximum Gasteiger partial charge on any atom is 0.354 e. The second kappa shape index (κ2) is 5.72. The number of rotatable bonds is 1. The van der Waals surface area contributed by atoms with Crippen molar-refractivity contribution < 1.29 is 9.90 Å². The molecule has 0 amide bonds. The lowest BCUT2D eigenvalue weighted by Crippen LogP contribution is -1.99. The van der Waals surface area contributed by atoms with Gasteiger partial charge < -0.3 is 5.11 Å². The summed E-state index contributed by atoms with van der Waals surface area (Å²) in [7, 11) is 0. The molecule has 0 saturated carbocycles. The Hall–Kier alpha value is -2.49. The van der Waals surface area contributed by atoms with Crippen LogP contribution < -0.4 is 0 Å². The summed E-state index contributed by atoms with van der Waals surface area (Å²) in [6.07, 6.45) is 6.72. The van der Waals surface area contributed by atoms with Gasteiger partial charge in [-0.05, 0) is 12.1 Å². The van der Waals surface area contributed by atoms with Crippen LogP contribution in [0.2, 0.25) is 0 Å². The molecule has 1 aromatic heterocycles. The van der Waals surface area contributed by atoms with Gasteiger partial charge in [-0.2, -0.15) is 0 Å². The molecule has 0 atom stereocenters. The van der Waals surface area contributed by atoms with E-state index in [0.29, 0.717) is 5.52 Å². The standard InChI is InChI=1S/C10H7NO2.C4H5N/c12-10(13)9-6-5-7-3-1-2-4-8(7)11-9;1-2-4-5-3-1/h1-6H,(H,12,13);1,3-4H,2H2. The Kier molecular flexibility index (Phi) is 3.81. The van der Waals surface area contributed by atoms with Gasteiger partial charge in [0.15, 0.2) is 0 Å². The third kappa shape index (κ3) is 3.01. The summed E-state index contributed by atoms with van der Waals surface area (Å²) in [6, 6.07) is 10.7. The molecular weight excluding hydrogens is 228 g/mol. The minimum atomic E-state index is -0.995. The van der Waals surface area contributed by atoms with Crippen LogP contribution in [-0.4, -0.2) is 22.3 Å². The smallest absolute Gasteiger partial charge is 0.354 e. The molecule has 1 aliphatic rings. The first-order valence-corrected chi connectivity index (χ1v) is 5.53. The molecule has 0 fully saturated rings. The molecule has 2 aromatic rings. The van der Waals surface area contributed by atoms with Crippen molar-refractivity contribution >= 4 is 23.1 Å². The molecule has 1 aliphatic heterocycles. The number of carboxylic acids is 1. The van der Waals surface area contributed by atoms with E-state index < -0.39 is 5.97 Å². The van der Waals surface area contributed by atoms with Crippen molar-refractivity contribution in [3.63, 3.8) is 0 Å². The molecule has 0 spiro atoms. The second-order valence-electron chi connectivity index (χ2n) is 3.65. The third-order valence-electron chi connectivity index (χ3n) is 2.36. The number of aromatic carboxylic acids is 1. The van der Waals surface area contributed by atoms with Crippen molar-refractivity contribution in [2.24, 2.45) is 4.99 Å². The van der Waals surface area contributed by atoms with Gasteiger partial charge in [0.1, 0.15) is 5.69 Å². The average molecular weight is 240 g/mol. The lowest BCUT2D eigenvalue weighted by molar-refractivity contribution is 0.0691. The van der Waals surface area contributed by atoms with E-state index in [2.05, 4.69) is 9.98 Å². The molecule has 0 saturated heterocycles. The Labute approximate surface area is 104 Å². The lowest BCUT2D eigenvalue weighted by atomic mass is 10.2. The molecule has 2 heterocycles. The summed E-state index contributed by atoms with van der Waals surface area (Å²) in [5.74, 6) is -0.995. The second-order valence-corrected chi connectivity index (χ2v) is 3.65. The van der Waals surface area contributed by atoms with Crippen LogP contribution in [-0.2, 0) is 0 Å². The van der Waals surface area contributed by atoms with Gasteiger partial charge in [-0.25, -0.2) is 9.78 Å². The molecule has 3 rings (SSSR count). The Balaban J connectivity index is 0.000000202. The van der Waals surface area contributed by atoms with Gasteiger partial charge in [0.2, 0.25) is 0 Å². The number of pyridine rings is 1. The summed E-state index contributed by atoms with van der Waals surface area (Å²) in [5.41, 5.74) is 0.793. The van der Waals surface area contributed by atoms with Crippen LogP contribution in [0.15, 0.2) is 53.7 Å². The predicted octanol–water partition coefficient (Wildman–Crippen LogP) is 2.91. The fourth-order valence-electron chi connectivity index (χ4n) is 1.49. The van der Waals surface area contributed by atoms with Crippen molar-refractivity contribution in [3.05, 3.63) is 54.4 Å². The Morgan fingerprint density at radius 1 is 1.17 bits per heavy atom. The molecule has 4 nitrogen and oxygen atoms in total. The third-order valence-corrected chi connectivity index (χ3v) is 2.36. The minimum absolute atomic E-state index is 0.0821. The quantitative estimate of drug-likeness (QED) is 0.833. The van der Waals surface area contributed by atoms with Crippen LogP contribution in [0, 0.1) is 0 Å². The Morgan fingerprint density at radius 3 is 2.61 bits per heavy atom. The SMILES string of the molecule is C1=CN=CC1.O=C(O)c1ccc2ccccc2n1. The highest BCUT2D eigenvalue weighted by Gasteiger charge is 2.03. The zero-order valence-electron chi connectivity index (χ0n) is 9.65. The van der Waals surface area contributed by atoms with Crippen molar-refractivity contribution in [3.8, 4) is 0 Å². The topological polar surface area (TPSA) is 62.5 Å². The maximum atomic E-state index is 10.6. The van der Waals surface area contributed by atoms with E-state index in [4.69, 9.17) is 5.11 Å². The summed E-state index contributed by atoms with van der Waals surface area (Å²) in [6.45, 7) is 0. The number of aromatic nitrogens is 1. The molecule has 4 heteroatoms. The number of hydrogen-bond acceptors (Lipinski definition) is 3. The Morgan fingerprint density at radius 2 is 2.00 bits per heavy atom. The van der Waals surface area contributed by atoms with E-state index in [1.165, 1.54) is 6.07 Å². The largest absolute Gasteiger partial charge is 0.477 e. The number of benzene rings is 1. The van der Waals surface area contributed by atoms with Crippen LogP contribution in [0.5, 0.6) is 0 Å². The fraction of sp³-hybridized carbons (Fsp3) is 0.0714. The summed E-state index contributed by atoms with van der Waals surface area (Å²) < 4.78 is 0. The highest BCUT2D eigenvalue weighted by Crippen LogP contribution is 2.11. The van der Waals surface area contributed by atoms with Gasteiger partial charge in [-0.1, -0.05) is 30.3 Å². The highest BCUT2D eigenvalue weighted by atomic mass is 16.4. The molecule has 0 unspecified atom stereocenters. The molecule has 90 valence electrons. The normalized spacial score (nSPS) is 12.2. The molecule has 0 bridgehead atoms. The van der Waals surface area contributed by atoms with Crippen molar-refractivity contribution in [1.29, 1.82) is 0 Å². The number of fused-ring (bicyclic) bond motifs is 1. The number of nitrogens with zero attached hydrogens (tertiary/aromatic N) is 2. The van der Waals surface area contributed by atoms with E-state index in [0.717, 1.165) is 11.8 Å². The highest BCUT2D eigenvalue weighted by molar-refractivity contribution is 5.89. The first-order chi connectivity index (χ1) is 8.77. The zero-order valence-corrected chi connectivity index (χ0v) is 9.65. The summed E-state index contributed by atoms with van der Waals surface area (Å²) >= 11 is 0. The van der Waals surface area contributed by atoms with E-state index in [9.17, 15) is 4.79 Å². The van der Waals surface area contributed by atoms with Crippen LogP contribution in [0.25, 0.3) is 10.9 Å². The monoisotopic (exact) mass is 240 g/mol. The number of para-hydroxylation sites is 1. The number of aliphatic imine (C=N–C) groups is 1. The van der Waals surface area contributed by atoms with Crippen LogP contribution in [0.3, 0.4) is 0 Å². The molecule has 18 heavy (non-hydrogen) atoms. The van der Waals surface area contributed by atoms with Crippen molar-refractivity contribution in [1.82, 2.24) is 4.98 Å². The first kappa shape index (κ1) is 12.0. The number of carboxylic acid groups (broad SMARTS) is 1. The minimum Gasteiger partial charge on any atom is -0.477 e. The molecule has 0 radical (unpaired) electrons. The molecule has 1 N–H and O–H groups in total.